The largest absolute Gasteiger partial charge is 0.373 e. The van der Waals surface area contributed by atoms with Crippen LogP contribution in [0.15, 0.2) is 18.2 Å². The molecule has 1 fully saturated rings. The molecular formula is C14H20ClFN2. The third-order valence-corrected chi connectivity index (χ3v) is 3.86. The highest BCUT2D eigenvalue weighted by Crippen LogP contribution is 2.24. The summed E-state index contributed by atoms with van der Waals surface area (Å²) in [5.74, 6) is 0.00584. The van der Waals surface area contributed by atoms with Gasteiger partial charge in [0.2, 0.25) is 0 Å². The minimum Gasteiger partial charge on any atom is -0.373 e. The standard InChI is InChI=1S/C14H20ClFN2/c1-17(9-10-18-7-2-3-8-18)14-6-4-5-13(16)12(14)11-15/h4-6H,2-3,7-11H2,1H3. The monoisotopic (exact) mass is 270 g/mol. The summed E-state index contributed by atoms with van der Waals surface area (Å²) in [6.45, 7) is 4.33. The van der Waals surface area contributed by atoms with Crippen LogP contribution in [-0.4, -0.2) is 38.1 Å². The summed E-state index contributed by atoms with van der Waals surface area (Å²) in [7, 11) is 2.00. The van der Waals surface area contributed by atoms with E-state index in [-0.39, 0.29) is 11.7 Å². The van der Waals surface area contributed by atoms with Crippen LogP contribution in [-0.2, 0) is 5.88 Å². The third-order valence-electron chi connectivity index (χ3n) is 3.59. The predicted octanol–water partition coefficient (Wildman–Crippen LogP) is 3.10. The number of alkyl halides is 1. The molecule has 0 aliphatic carbocycles. The van der Waals surface area contributed by atoms with Gasteiger partial charge in [0, 0.05) is 31.4 Å². The Morgan fingerprint density at radius 1 is 1.33 bits per heavy atom. The van der Waals surface area contributed by atoms with Gasteiger partial charge in [-0.2, -0.15) is 0 Å². The molecule has 1 aromatic carbocycles. The number of halogens is 2. The number of likely N-dealkylation sites (tertiary alicyclic amines) is 1. The molecule has 18 heavy (non-hydrogen) atoms. The molecule has 1 heterocycles. The molecule has 0 bridgehead atoms. The molecule has 1 aliphatic rings. The molecule has 2 nitrogen and oxygen atoms in total. The van der Waals surface area contributed by atoms with E-state index in [1.165, 1.54) is 32.0 Å². The van der Waals surface area contributed by atoms with Crippen LogP contribution in [0.4, 0.5) is 10.1 Å². The molecule has 1 aliphatic heterocycles. The van der Waals surface area contributed by atoms with E-state index in [9.17, 15) is 4.39 Å². The molecule has 0 amide bonds. The van der Waals surface area contributed by atoms with Crippen molar-refractivity contribution in [3.63, 3.8) is 0 Å². The summed E-state index contributed by atoms with van der Waals surface area (Å²) in [5.41, 5.74) is 1.51. The summed E-state index contributed by atoms with van der Waals surface area (Å²) in [6, 6.07) is 5.15. The van der Waals surface area contributed by atoms with Crippen molar-refractivity contribution in [3.8, 4) is 0 Å². The van der Waals surface area contributed by atoms with Crippen LogP contribution in [0.3, 0.4) is 0 Å². The molecule has 0 atom stereocenters. The van der Waals surface area contributed by atoms with E-state index in [1.54, 1.807) is 6.07 Å². The van der Waals surface area contributed by atoms with Crippen molar-refractivity contribution in [2.24, 2.45) is 0 Å². The Balaban J connectivity index is 1.99. The Morgan fingerprint density at radius 2 is 2.06 bits per heavy atom. The molecule has 1 aromatic rings. The number of hydrogen-bond acceptors (Lipinski definition) is 2. The maximum atomic E-state index is 13.6. The van der Waals surface area contributed by atoms with Crippen molar-refractivity contribution >= 4 is 17.3 Å². The minimum absolute atomic E-state index is 0.212. The Bertz CT molecular complexity index is 391. The van der Waals surface area contributed by atoms with Crippen LogP contribution in [0.25, 0.3) is 0 Å². The van der Waals surface area contributed by atoms with Crippen LogP contribution in [0.2, 0.25) is 0 Å². The SMILES string of the molecule is CN(CCN1CCCC1)c1cccc(F)c1CCl. The fraction of sp³-hybridized carbons (Fsp3) is 0.571. The van der Waals surface area contributed by atoms with Gasteiger partial charge >= 0.3 is 0 Å². The van der Waals surface area contributed by atoms with Gasteiger partial charge in [-0.3, -0.25) is 0 Å². The molecule has 0 aromatic heterocycles. The average molecular weight is 271 g/mol. The van der Waals surface area contributed by atoms with Gasteiger partial charge in [-0.1, -0.05) is 6.07 Å². The predicted molar refractivity (Wildman–Crippen MR) is 74.9 cm³/mol. The lowest BCUT2D eigenvalue weighted by atomic mass is 10.1. The molecular weight excluding hydrogens is 251 g/mol. The van der Waals surface area contributed by atoms with Gasteiger partial charge in [0.25, 0.3) is 0 Å². The number of rotatable bonds is 5. The van der Waals surface area contributed by atoms with Gasteiger partial charge in [0.15, 0.2) is 0 Å². The number of benzene rings is 1. The highest BCUT2D eigenvalue weighted by atomic mass is 35.5. The van der Waals surface area contributed by atoms with Gasteiger partial charge in [-0.05, 0) is 38.1 Å². The lowest BCUT2D eigenvalue weighted by Gasteiger charge is -2.25. The minimum atomic E-state index is -0.212. The van der Waals surface area contributed by atoms with Gasteiger partial charge in [-0.15, -0.1) is 11.6 Å². The van der Waals surface area contributed by atoms with E-state index in [0.29, 0.717) is 5.56 Å². The Hall–Kier alpha value is -0.800. The molecule has 0 unspecified atom stereocenters. The highest BCUT2D eigenvalue weighted by Gasteiger charge is 2.14. The first kappa shape index (κ1) is 13.6. The molecule has 100 valence electrons. The molecule has 0 N–H and O–H groups in total. The lowest BCUT2D eigenvalue weighted by molar-refractivity contribution is 0.346. The van der Waals surface area contributed by atoms with Crippen molar-refractivity contribution in [1.29, 1.82) is 0 Å². The van der Waals surface area contributed by atoms with Crippen molar-refractivity contribution < 1.29 is 4.39 Å². The van der Waals surface area contributed by atoms with Gasteiger partial charge in [0.1, 0.15) is 5.82 Å². The molecule has 0 radical (unpaired) electrons. The zero-order chi connectivity index (χ0) is 13.0. The lowest BCUT2D eigenvalue weighted by Crippen LogP contribution is -2.31. The van der Waals surface area contributed by atoms with Crippen molar-refractivity contribution in [1.82, 2.24) is 4.90 Å². The number of nitrogens with zero attached hydrogens (tertiary/aromatic N) is 2. The summed E-state index contributed by atoms with van der Waals surface area (Å²) in [4.78, 5) is 4.55. The van der Waals surface area contributed by atoms with E-state index in [4.69, 9.17) is 11.6 Å². The van der Waals surface area contributed by atoms with Crippen LogP contribution in [0.1, 0.15) is 18.4 Å². The quantitative estimate of drug-likeness (QED) is 0.759. The summed E-state index contributed by atoms with van der Waals surface area (Å²) < 4.78 is 13.6. The van der Waals surface area contributed by atoms with Crippen molar-refractivity contribution in [2.75, 3.05) is 38.1 Å². The second-order valence-corrected chi connectivity index (χ2v) is 5.11. The van der Waals surface area contributed by atoms with Gasteiger partial charge in [0.05, 0.1) is 5.88 Å². The van der Waals surface area contributed by atoms with Crippen LogP contribution >= 0.6 is 11.6 Å². The smallest absolute Gasteiger partial charge is 0.129 e. The summed E-state index contributed by atoms with van der Waals surface area (Å²) in [6.07, 6.45) is 2.60. The van der Waals surface area contributed by atoms with Crippen LogP contribution in [0, 0.1) is 5.82 Å². The first-order valence-corrected chi connectivity index (χ1v) is 7.02. The highest BCUT2D eigenvalue weighted by molar-refractivity contribution is 6.17. The van der Waals surface area contributed by atoms with E-state index in [1.807, 2.05) is 13.1 Å². The molecule has 1 saturated heterocycles. The topological polar surface area (TPSA) is 6.48 Å². The Morgan fingerprint density at radius 3 is 2.72 bits per heavy atom. The molecule has 2 rings (SSSR count). The fourth-order valence-electron chi connectivity index (χ4n) is 2.46. The first-order valence-electron chi connectivity index (χ1n) is 6.49. The van der Waals surface area contributed by atoms with Crippen LogP contribution in [0.5, 0.6) is 0 Å². The maximum Gasteiger partial charge on any atom is 0.129 e. The van der Waals surface area contributed by atoms with Gasteiger partial charge < -0.3 is 9.80 Å². The normalized spacial score (nSPS) is 16.2. The number of hydrogen-bond donors (Lipinski definition) is 0. The molecule has 0 spiro atoms. The molecule has 4 heteroatoms. The maximum absolute atomic E-state index is 13.6. The molecule has 0 saturated carbocycles. The number of likely N-dealkylation sites (N-methyl/N-ethyl adjacent to an activating group) is 1. The first-order chi connectivity index (χ1) is 8.72. The van der Waals surface area contributed by atoms with Crippen molar-refractivity contribution in [3.05, 3.63) is 29.6 Å². The summed E-state index contributed by atoms with van der Waals surface area (Å²) >= 11 is 5.83. The van der Waals surface area contributed by atoms with E-state index in [0.717, 1.165) is 18.8 Å². The van der Waals surface area contributed by atoms with Crippen molar-refractivity contribution in [2.45, 2.75) is 18.7 Å². The van der Waals surface area contributed by atoms with Crippen LogP contribution < -0.4 is 4.90 Å². The fourth-order valence-corrected chi connectivity index (χ4v) is 2.72. The summed E-state index contributed by atoms with van der Waals surface area (Å²) in [5, 5.41) is 0. The zero-order valence-electron chi connectivity index (χ0n) is 10.8. The average Bonchev–Trinajstić information content (AvgIpc) is 2.88. The number of anilines is 1. The second-order valence-electron chi connectivity index (χ2n) is 4.84. The van der Waals surface area contributed by atoms with E-state index in [2.05, 4.69) is 9.80 Å². The van der Waals surface area contributed by atoms with Gasteiger partial charge in [-0.25, -0.2) is 4.39 Å². The Labute approximate surface area is 113 Å². The Kier molecular flexibility index (Phi) is 4.84. The zero-order valence-corrected chi connectivity index (χ0v) is 11.6. The van der Waals surface area contributed by atoms with E-state index < -0.39 is 0 Å². The second kappa shape index (κ2) is 6.39. The van der Waals surface area contributed by atoms with E-state index >= 15 is 0 Å². The third kappa shape index (κ3) is 3.15.